The van der Waals surface area contributed by atoms with Crippen LogP contribution in [0.4, 0.5) is 0 Å². The molecule has 0 amide bonds. The van der Waals surface area contributed by atoms with E-state index in [1.165, 1.54) is 37.5 Å². The Labute approximate surface area is 427 Å². The molecule has 9 nitrogen and oxygen atoms in total. The molecule has 0 unspecified atom stereocenters. The fourth-order valence-corrected chi connectivity index (χ4v) is 6.84. The molecule has 0 radical (unpaired) electrons. The van der Waals surface area contributed by atoms with Crippen molar-refractivity contribution in [1.29, 1.82) is 0 Å². The minimum Gasteiger partial charge on any atom is -0.497 e. The van der Waals surface area contributed by atoms with Gasteiger partial charge in [0.15, 0.2) is 0 Å². The van der Waals surface area contributed by atoms with Gasteiger partial charge in [0, 0.05) is 37.0 Å². The van der Waals surface area contributed by atoms with Gasteiger partial charge in [-0.2, -0.15) is 0 Å². The zero-order chi connectivity index (χ0) is 54.4. The van der Waals surface area contributed by atoms with Crippen molar-refractivity contribution in [3.63, 3.8) is 0 Å². The summed E-state index contributed by atoms with van der Waals surface area (Å²) < 4.78 is 30.8. The molecule has 0 fully saturated rings. The van der Waals surface area contributed by atoms with Crippen LogP contribution in [0.1, 0.15) is 151 Å². The van der Waals surface area contributed by atoms with Crippen LogP contribution in [0.15, 0.2) is 146 Å². The molecule has 0 heterocycles. The van der Waals surface area contributed by atoms with Crippen molar-refractivity contribution in [1.82, 2.24) is 0 Å². The molecule has 0 aromatic heterocycles. The fraction of sp³-hybridized carbons (Fsp3) is 0.371. The van der Waals surface area contributed by atoms with Crippen LogP contribution in [0, 0.1) is 0 Å². The van der Waals surface area contributed by atoms with E-state index in [0.29, 0.717) is 17.2 Å². The predicted octanol–water partition coefficient (Wildman–Crippen LogP) is 15.9. The largest absolute Gasteiger partial charge is 0.497 e. The third-order valence-electron chi connectivity index (χ3n) is 10.9. The summed E-state index contributed by atoms with van der Waals surface area (Å²) in [7, 11) is 4.98. The summed E-state index contributed by atoms with van der Waals surface area (Å²) in [5, 5.41) is 0. The molecule has 71 heavy (non-hydrogen) atoms. The maximum absolute atomic E-state index is 10.9. The van der Waals surface area contributed by atoms with E-state index in [9.17, 15) is 14.4 Å². The highest BCUT2D eigenvalue weighted by molar-refractivity contribution is 5.70. The lowest BCUT2D eigenvalue weighted by Crippen LogP contribution is -2.18. The smallest absolute Gasteiger partial charge is 0.308 e. The van der Waals surface area contributed by atoms with Gasteiger partial charge in [-0.1, -0.05) is 170 Å². The van der Waals surface area contributed by atoms with E-state index in [4.69, 9.17) is 28.4 Å². The average molecular weight is 973 g/mol. The van der Waals surface area contributed by atoms with Crippen molar-refractivity contribution in [2.45, 2.75) is 134 Å². The monoisotopic (exact) mass is 973 g/mol. The normalized spacial score (nSPS) is 10.1. The highest BCUT2D eigenvalue weighted by atomic mass is 16.5. The quantitative estimate of drug-likeness (QED) is 0.0875. The van der Waals surface area contributed by atoms with Crippen LogP contribution < -0.4 is 28.4 Å². The van der Waals surface area contributed by atoms with Crippen molar-refractivity contribution in [2.24, 2.45) is 0 Å². The van der Waals surface area contributed by atoms with E-state index in [-0.39, 0.29) is 34.2 Å². The lowest BCUT2D eigenvalue weighted by atomic mass is 9.78. The lowest BCUT2D eigenvalue weighted by molar-refractivity contribution is -0.132. The van der Waals surface area contributed by atoms with Gasteiger partial charge in [-0.25, -0.2) is 0 Å². The molecule has 0 saturated heterocycles. The van der Waals surface area contributed by atoms with Crippen molar-refractivity contribution in [3.05, 3.63) is 179 Å². The maximum Gasteiger partial charge on any atom is 0.308 e. The summed E-state index contributed by atoms with van der Waals surface area (Å²) in [5.74, 6) is 3.32. The van der Waals surface area contributed by atoms with Crippen LogP contribution in [0.5, 0.6) is 34.5 Å². The molecule has 0 N–H and O–H groups in total. The van der Waals surface area contributed by atoms with Crippen molar-refractivity contribution < 1.29 is 42.8 Å². The highest BCUT2D eigenvalue weighted by Crippen LogP contribution is 2.36. The Morgan fingerprint density at radius 2 is 0.394 bits per heavy atom. The lowest BCUT2D eigenvalue weighted by Gasteiger charge is -2.26. The van der Waals surface area contributed by atoms with E-state index in [1.54, 1.807) is 21.3 Å². The van der Waals surface area contributed by atoms with Gasteiger partial charge in [-0.05, 0) is 106 Å². The molecule has 6 aromatic rings. The van der Waals surface area contributed by atoms with Crippen LogP contribution in [0.25, 0.3) is 0 Å². The molecule has 0 spiro atoms. The van der Waals surface area contributed by atoms with Gasteiger partial charge in [-0.15, -0.1) is 0 Å². The first-order valence-electron chi connectivity index (χ1n) is 24.6. The number of benzene rings is 6. The summed E-state index contributed by atoms with van der Waals surface area (Å²) in [4.78, 5) is 32.8. The summed E-state index contributed by atoms with van der Waals surface area (Å²) in [6.07, 6.45) is 0. The van der Waals surface area contributed by atoms with E-state index in [0.717, 1.165) is 33.9 Å². The first-order chi connectivity index (χ1) is 33.8. The molecular weight excluding hydrogens is 889 g/mol. The van der Waals surface area contributed by atoms with Crippen LogP contribution in [-0.4, -0.2) is 39.2 Å². The predicted molar refractivity (Wildman–Crippen MR) is 294 cm³/mol. The molecule has 0 bridgehead atoms. The molecule has 0 saturated carbocycles. The molecule has 9 heteroatoms. The zero-order valence-corrected chi connectivity index (χ0v) is 46.5. The zero-order valence-electron chi connectivity index (χ0n) is 46.5. The average Bonchev–Trinajstić information content (AvgIpc) is 3.39. The Kier molecular flexibility index (Phi) is 29.7. The van der Waals surface area contributed by atoms with E-state index < -0.39 is 0 Å². The molecule has 386 valence electrons. The Morgan fingerprint density at radius 1 is 0.268 bits per heavy atom. The third-order valence-corrected chi connectivity index (χ3v) is 10.9. The van der Waals surface area contributed by atoms with Crippen molar-refractivity contribution >= 4 is 17.9 Å². The van der Waals surface area contributed by atoms with E-state index >= 15 is 0 Å². The standard InChI is InChI=1S/3C18H20O3.4C2H6/c3*1-13(19)21-17-11-7-15(8-12-17)18(2,3)14-5-9-16(20-4)10-6-14;4*1-2/h3*5-12H,1-4H3;4*1-2H3. The minimum atomic E-state index is -0.308. The van der Waals surface area contributed by atoms with Gasteiger partial charge in [0.2, 0.25) is 0 Å². The summed E-state index contributed by atoms with van der Waals surface area (Å²) in [6, 6.07) is 47.0. The second-order valence-electron chi connectivity index (χ2n) is 16.4. The third kappa shape index (κ3) is 20.6. The second-order valence-corrected chi connectivity index (χ2v) is 16.4. The Balaban J connectivity index is 0.000000965. The molecule has 0 aliphatic carbocycles. The maximum atomic E-state index is 10.9. The Bertz CT molecular complexity index is 2100. The molecule has 6 aromatic carbocycles. The SMILES string of the molecule is CC.CC.CC.CC.COc1ccc(C(C)(C)c2ccc(OC(C)=O)cc2)cc1.COc1ccc(C(C)(C)c2ccc(OC(C)=O)cc2)cc1.COc1ccc(C(C)(C)c2ccc(OC(C)=O)cc2)cc1. The molecule has 0 aliphatic rings. The van der Waals surface area contributed by atoms with Gasteiger partial charge in [0.05, 0.1) is 21.3 Å². The van der Waals surface area contributed by atoms with Crippen LogP contribution in [-0.2, 0) is 30.6 Å². The number of methoxy groups -OCH3 is 3. The molecule has 0 atom stereocenters. The Hall–Kier alpha value is -6.87. The molecule has 6 rings (SSSR count). The van der Waals surface area contributed by atoms with Crippen LogP contribution in [0.2, 0.25) is 0 Å². The summed E-state index contributed by atoms with van der Waals surface area (Å²) in [5.41, 5.74) is 6.65. The first kappa shape index (κ1) is 64.1. The molecule has 0 aliphatic heterocycles. The van der Waals surface area contributed by atoms with Crippen molar-refractivity contribution in [3.8, 4) is 34.5 Å². The van der Waals surface area contributed by atoms with Gasteiger partial charge in [0.1, 0.15) is 34.5 Å². The first-order valence-corrected chi connectivity index (χ1v) is 24.6. The summed E-state index contributed by atoms with van der Waals surface area (Å²) in [6.45, 7) is 33.2. The Morgan fingerprint density at radius 3 is 0.507 bits per heavy atom. The number of hydrogen-bond donors (Lipinski definition) is 0. The molecular formula is C62H84O9. The number of hydrogen-bond acceptors (Lipinski definition) is 9. The van der Waals surface area contributed by atoms with Crippen molar-refractivity contribution in [2.75, 3.05) is 21.3 Å². The van der Waals surface area contributed by atoms with Gasteiger partial charge in [-0.3, -0.25) is 14.4 Å². The fourth-order valence-electron chi connectivity index (χ4n) is 6.84. The number of esters is 3. The van der Waals surface area contributed by atoms with E-state index in [2.05, 4.69) is 77.9 Å². The van der Waals surface area contributed by atoms with E-state index in [1.807, 2.05) is 165 Å². The van der Waals surface area contributed by atoms with Crippen LogP contribution >= 0.6 is 0 Å². The topological polar surface area (TPSA) is 107 Å². The van der Waals surface area contributed by atoms with Gasteiger partial charge >= 0.3 is 17.9 Å². The number of carbonyl (C=O) groups excluding carboxylic acids is 3. The van der Waals surface area contributed by atoms with Gasteiger partial charge < -0.3 is 28.4 Å². The number of carbonyl (C=O) groups is 3. The van der Waals surface area contributed by atoms with Gasteiger partial charge in [0.25, 0.3) is 0 Å². The number of ether oxygens (including phenoxy) is 6. The van der Waals surface area contributed by atoms with Crippen LogP contribution in [0.3, 0.4) is 0 Å². The number of rotatable bonds is 12. The second kappa shape index (κ2) is 32.8. The highest BCUT2D eigenvalue weighted by Gasteiger charge is 2.25. The minimum absolute atomic E-state index is 0.138. The summed E-state index contributed by atoms with van der Waals surface area (Å²) >= 11 is 0.